The third-order valence-electron chi connectivity index (χ3n) is 2.53. The summed E-state index contributed by atoms with van der Waals surface area (Å²) in [5.74, 6) is -2.66. The van der Waals surface area contributed by atoms with Crippen molar-refractivity contribution < 1.29 is 24.5 Å². The van der Waals surface area contributed by atoms with Gasteiger partial charge < -0.3 is 14.9 Å². The zero-order valence-corrected chi connectivity index (χ0v) is 10.3. The first kappa shape index (κ1) is 15.6. The van der Waals surface area contributed by atoms with Crippen LogP contribution in [0.2, 0.25) is 0 Å². The minimum absolute atomic E-state index is 0.0305. The number of rotatable bonds is 8. The van der Waals surface area contributed by atoms with Gasteiger partial charge >= 0.3 is 11.9 Å². The summed E-state index contributed by atoms with van der Waals surface area (Å²) in [6.07, 6.45) is 1.91. The smallest absolute Gasteiger partial charge is 0.334 e. The molecule has 5 nitrogen and oxygen atoms in total. The van der Waals surface area contributed by atoms with E-state index in [2.05, 4.69) is 11.3 Å². The minimum Gasteiger partial charge on any atom is -0.481 e. The summed E-state index contributed by atoms with van der Waals surface area (Å²) in [5.41, 5.74) is -0.0305. The van der Waals surface area contributed by atoms with E-state index in [4.69, 9.17) is 10.2 Å². The standard InChI is InChI=1S/C12H20O5/c1-8(13)6-4-5-7-10(11(14)15)9(2)12(16)17-3/h8,10,13H,2,4-7H2,1,3H3,(H,14,15)/t8-,10+/m0/s1. The number of carbonyl (C=O) groups excluding carboxylic acids is 1. The van der Waals surface area contributed by atoms with Crippen LogP contribution in [-0.2, 0) is 14.3 Å². The van der Waals surface area contributed by atoms with Crippen molar-refractivity contribution in [1.82, 2.24) is 0 Å². The van der Waals surface area contributed by atoms with Gasteiger partial charge in [0.05, 0.1) is 19.1 Å². The number of aliphatic hydroxyl groups is 1. The molecular weight excluding hydrogens is 224 g/mol. The molecule has 0 saturated heterocycles. The Labute approximate surface area is 101 Å². The predicted molar refractivity (Wildman–Crippen MR) is 62.4 cm³/mol. The van der Waals surface area contributed by atoms with Crippen LogP contribution in [0.3, 0.4) is 0 Å². The molecule has 0 aromatic rings. The topological polar surface area (TPSA) is 83.8 Å². The van der Waals surface area contributed by atoms with Gasteiger partial charge in [-0.15, -0.1) is 0 Å². The van der Waals surface area contributed by atoms with Gasteiger partial charge in [-0.05, 0) is 19.8 Å². The Bertz CT molecular complexity index is 283. The van der Waals surface area contributed by atoms with Gasteiger partial charge in [0.1, 0.15) is 0 Å². The number of carbonyl (C=O) groups is 2. The number of unbranched alkanes of at least 4 members (excludes halogenated alkanes) is 1. The highest BCUT2D eigenvalue weighted by Crippen LogP contribution is 2.19. The molecule has 0 aliphatic heterocycles. The zero-order chi connectivity index (χ0) is 13.4. The van der Waals surface area contributed by atoms with E-state index in [0.717, 1.165) is 6.42 Å². The monoisotopic (exact) mass is 244 g/mol. The van der Waals surface area contributed by atoms with Gasteiger partial charge in [-0.25, -0.2) is 4.79 Å². The fraction of sp³-hybridized carbons (Fsp3) is 0.667. The molecule has 5 heteroatoms. The number of carboxylic acid groups (broad SMARTS) is 1. The Morgan fingerprint density at radius 2 is 1.82 bits per heavy atom. The molecule has 98 valence electrons. The van der Waals surface area contributed by atoms with Crippen LogP contribution in [0.4, 0.5) is 0 Å². The highest BCUT2D eigenvalue weighted by Gasteiger charge is 2.25. The van der Waals surface area contributed by atoms with E-state index in [0.29, 0.717) is 19.3 Å². The first-order valence-corrected chi connectivity index (χ1v) is 5.58. The van der Waals surface area contributed by atoms with Crippen molar-refractivity contribution in [2.24, 2.45) is 5.92 Å². The van der Waals surface area contributed by atoms with E-state index in [-0.39, 0.29) is 11.7 Å². The summed E-state index contributed by atoms with van der Waals surface area (Å²) in [6.45, 7) is 5.14. The van der Waals surface area contributed by atoms with E-state index in [9.17, 15) is 9.59 Å². The maximum atomic E-state index is 11.2. The molecule has 0 aliphatic rings. The normalized spacial score (nSPS) is 13.8. The number of hydrogen-bond acceptors (Lipinski definition) is 4. The van der Waals surface area contributed by atoms with Crippen LogP contribution in [-0.4, -0.2) is 35.4 Å². The molecule has 0 rings (SSSR count). The predicted octanol–water partition coefficient (Wildman–Crippen LogP) is 1.36. The maximum Gasteiger partial charge on any atom is 0.334 e. The lowest BCUT2D eigenvalue weighted by Gasteiger charge is -2.13. The number of ether oxygens (including phenoxy) is 1. The highest BCUT2D eigenvalue weighted by molar-refractivity contribution is 5.94. The van der Waals surface area contributed by atoms with E-state index in [1.54, 1.807) is 6.92 Å². The lowest BCUT2D eigenvalue weighted by molar-refractivity contribution is -0.145. The molecule has 0 heterocycles. The van der Waals surface area contributed by atoms with Gasteiger partial charge in [-0.3, -0.25) is 4.79 Å². The second-order valence-electron chi connectivity index (χ2n) is 4.04. The second kappa shape index (κ2) is 7.84. The zero-order valence-electron chi connectivity index (χ0n) is 10.3. The molecule has 0 saturated carbocycles. The second-order valence-corrected chi connectivity index (χ2v) is 4.04. The van der Waals surface area contributed by atoms with Gasteiger partial charge in [-0.2, -0.15) is 0 Å². The van der Waals surface area contributed by atoms with Crippen molar-refractivity contribution in [3.63, 3.8) is 0 Å². The molecule has 0 amide bonds. The van der Waals surface area contributed by atoms with Crippen LogP contribution < -0.4 is 0 Å². The third kappa shape index (κ3) is 6.06. The van der Waals surface area contributed by atoms with Crippen LogP contribution in [0.15, 0.2) is 12.2 Å². The summed E-state index contributed by atoms with van der Waals surface area (Å²) in [4.78, 5) is 22.1. The number of hydrogen-bond donors (Lipinski definition) is 2. The molecule has 0 radical (unpaired) electrons. The van der Waals surface area contributed by atoms with Gasteiger partial charge in [0.15, 0.2) is 0 Å². The van der Waals surface area contributed by atoms with Crippen molar-refractivity contribution in [2.75, 3.05) is 7.11 Å². The number of carboxylic acids is 1. The minimum atomic E-state index is -1.07. The fourth-order valence-electron chi connectivity index (χ4n) is 1.51. The molecule has 0 aliphatic carbocycles. The molecule has 0 unspecified atom stereocenters. The van der Waals surface area contributed by atoms with Crippen molar-refractivity contribution in [3.8, 4) is 0 Å². The van der Waals surface area contributed by atoms with E-state index >= 15 is 0 Å². The molecule has 0 aromatic heterocycles. The Balaban J connectivity index is 4.21. The van der Waals surface area contributed by atoms with Crippen LogP contribution in [0, 0.1) is 5.92 Å². The molecule has 2 N–H and O–H groups in total. The quantitative estimate of drug-likeness (QED) is 0.382. The van der Waals surface area contributed by atoms with Crippen molar-refractivity contribution in [3.05, 3.63) is 12.2 Å². The van der Waals surface area contributed by atoms with Crippen LogP contribution in [0.5, 0.6) is 0 Å². The van der Waals surface area contributed by atoms with Crippen molar-refractivity contribution in [1.29, 1.82) is 0 Å². The summed E-state index contributed by atoms with van der Waals surface area (Å²) >= 11 is 0. The first-order valence-electron chi connectivity index (χ1n) is 5.58. The molecule has 17 heavy (non-hydrogen) atoms. The van der Waals surface area contributed by atoms with E-state index < -0.39 is 17.9 Å². The summed E-state index contributed by atoms with van der Waals surface area (Å²) in [7, 11) is 1.19. The van der Waals surface area contributed by atoms with Crippen LogP contribution in [0.1, 0.15) is 32.6 Å². The SMILES string of the molecule is C=C(C(=O)OC)[C@@H](CCCC[C@H](C)O)C(=O)O. The fourth-order valence-corrected chi connectivity index (χ4v) is 1.51. The summed E-state index contributed by atoms with van der Waals surface area (Å²) in [5, 5.41) is 18.0. The van der Waals surface area contributed by atoms with Crippen molar-refractivity contribution >= 4 is 11.9 Å². The molecule has 0 bridgehead atoms. The highest BCUT2D eigenvalue weighted by atomic mass is 16.5. The average molecular weight is 244 g/mol. The lowest BCUT2D eigenvalue weighted by atomic mass is 9.94. The number of aliphatic carboxylic acids is 1. The third-order valence-corrected chi connectivity index (χ3v) is 2.53. The van der Waals surface area contributed by atoms with Crippen LogP contribution >= 0.6 is 0 Å². The number of esters is 1. The van der Waals surface area contributed by atoms with Gasteiger partial charge in [0, 0.05) is 5.57 Å². The number of aliphatic hydroxyl groups excluding tert-OH is 1. The molecule has 0 fully saturated rings. The average Bonchev–Trinajstić information content (AvgIpc) is 2.26. The van der Waals surface area contributed by atoms with Gasteiger partial charge in [0.25, 0.3) is 0 Å². The Kier molecular flexibility index (Phi) is 7.21. The van der Waals surface area contributed by atoms with Gasteiger partial charge in [-0.1, -0.05) is 19.4 Å². The Morgan fingerprint density at radius 3 is 2.24 bits per heavy atom. The molecule has 0 spiro atoms. The van der Waals surface area contributed by atoms with E-state index in [1.165, 1.54) is 7.11 Å². The van der Waals surface area contributed by atoms with Crippen LogP contribution in [0.25, 0.3) is 0 Å². The summed E-state index contributed by atoms with van der Waals surface area (Å²) < 4.78 is 4.45. The molecule has 0 aromatic carbocycles. The molecule has 2 atom stereocenters. The summed E-state index contributed by atoms with van der Waals surface area (Å²) in [6, 6.07) is 0. The first-order chi connectivity index (χ1) is 7.90. The largest absolute Gasteiger partial charge is 0.481 e. The Morgan fingerprint density at radius 1 is 1.29 bits per heavy atom. The molecular formula is C12H20O5. The maximum absolute atomic E-state index is 11.2. The van der Waals surface area contributed by atoms with Crippen molar-refractivity contribution in [2.45, 2.75) is 38.7 Å². The lowest BCUT2D eigenvalue weighted by Crippen LogP contribution is -2.21. The Hall–Kier alpha value is -1.36. The number of methoxy groups -OCH3 is 1. The van der Waals surface area contributed by atoms with Gasteiger partial charge in [0.2, 0.25) is 0 Å². The van der Waals surface area contributed by atoms with E-state index in [1.807, 2.05) is 0 Å².